The van der Waals surface area contributed by atoms with Gasteiger partial charge < -0.3 is 19.5 Å². The molecule has 2 rings (SSSR count). The van der Waals surface area contributed by atoms with Crippen LogP contribution in [0.2, 0.25) is 0 Å². The van der Waals surface area contributed by atoms with Crippen molar-refractivity contribution in [3.63, 3.8) is 0 Å². The molecule has 21 heavy (non-hydrogen) atoms. The van der Waals surface area contributed by atoms with Crippen LogP contribution in [0.3, 0.4) is 0 Å². The standard InChI is InChI=1S/C15H20FNO4/c1-2-20-6-7-21-12-5-3-4-11(8-12)15(19)17-9-13(16)14(18)10-17/h3-5,8,13-14,18H,2,6-7,9-10H2,1H3/t13-,14-/m1/s1. The molecule has 1 aromatic rings. The number of rotatable bonds is 6. The highest BCUT2D eigenvalue weighted by molar-refractivity contribution is 5.94. The van der Waals surface area contributed by atoms with Gasteiger partial charge in [-0.25, -0.2) is 4.39 Å². The van der Waals surface area contributed by atoms with Crippen molar-refractivity contribution in [2.45, 2.75) is 19.2 Å². The first-order valence-corrected chi connectivity index (χ1v) is 7.04. The Bertz CT molecular complexity index is 472. The fourth-order valence-corrected chi connectivity index (χ4v) is 2.18. The lowest BCUT2D eigenvalue weighted by Gasteiger charge is -2.15. The summed E-state index contributed by atoms with van der Waals surface area (Å²) < 4.78 is 23.9. The number of carbonyl (C=O) groups is 1. The Labute approximate surface area is 123 Å². The molecular formula is C15H20FNO4. The zero-order valence-electron chi connectivity index (χ0n) is 12.0. The monoisotopic (exact) mass is 297 g/mol. The van der Waals surface area contributed by atoms with Crippen molar-refractivity contribution in [3.05, 3.63) is 29.8 Å². The third kappa shape index (κ3) is 4.15. The molecule has 0 aliphatic carbocycles. The van der Waals surface area contributed by atoms with Crippen LogP contribution in [-0.4, -0.2) is 61.1 Å². The third-order valence-electron chi connectivity index (χ3n) is 3.29. The van der Waals surface area contributed by atoms with Gasteiger partial charge in [-0.15, -0.1) is 0 Å². The summed E-state index contributed by atoms with van der Waals surface area (Å²) in [6, 6.07) is 6.73. The first kappa shape index (κ1) is 15.7. The van der Waals surface area contributed by atoms with Gasteiger partial charge in [0.15, 0.2) is 0 Å². The molecule has 6 heteroatoms. The van der Waals surface area contributed by atoms with Gasteiger partial charge in [0.2, 0.25) is 0 Å². The predicted molar refractivity (Wildman–Crippen MR) is 75.2 cm³/mol. The van der Waals surface area contributed by atoms with E-state index in [1.807, 2.05) is 6.92 Å². The molecule has 1 aliphatic rings. The van der Waals surface area contributed by atoms with Crippen molar-refractivity contribution >= 4 is 5.91 Å². The van der Waals surface area contributed by atoms with E-state index >= 15 is 0 Å². The van der Waals surface area contributed by atoms with E-state index in [1.165, 1.54) is 4.90 Å². The summed E-state index contributed by atoms with van der Waals surface area (Å²) >= 11 is 0. The molecule has 1 heterocycles. The zero-order valence-corrected chi connectivity index (χ0v) is 12.0. The van der Waals surface area contributed by atoms with E-state index in [4.69, 9.17) is 9.47 Å². The second-order valence-electron chi connectivity index (χ2n) is 4.87. The number of hydrogen-bond donors (Lipinski definition) is 1. The quantitative estimate of drug-likeness (QED) is 0.803. The molecule has 0 spiro atoms. The lowest BCUT2D eigenvalue weighted by molar-refractivity contribution is 0.0763. The summed E-state index contributed by atoms with van der Waals surface area (Å²) in [5, 5.41) is 9.38. The average Bonchev–Trinajstić information content (AvgIpc) is 2.83. The van der Waals surface area contributed by atoms with E-state index in [0.29, 0.717) is 31.1 Å². The first-order valence-electron chi connectivity index (χ1n) is 7.04. The van der Waals surface area contributed by atoms with Gasteiger partial charge in [0.25, 0.3) is 5.91 Å². The average molecular weight is 297 g/mol. The van der Waals surface area contributed by atoms with Crippen LogP contribution in [0.4, 0.5) is 4.39 Å². The minimum Gasteiger partial charge on any atom is -0.491 e. The number of benzene rings is 1. The smallest absolute Gasteiger partial charge is 0.254 e. The lowest BCUT2D eigenvalue weighted by Crippen LogP contribution is -2.29. The number of hydrogen-bond acceptors (Lipinski definition) is 4. The number of nitrogens with zero attached hydrogens (tertiary/aromatic N) is 1. The van der Waals surface area contributed by atoms with E-state index in [9.17, 15) is 14.3 Å². The molecule has 116 valence electrons. The fraction of sp³-hybridized carbons (Fsp3) is 0.533. The van der Waals surface area contributed by atoms with E-state index in [-0.39, 0.29) is 19.0 Å². The number of ether oxygens (including phenoxy) is 2. The first-order chi connectivity index (χ1) is 10.1. The Morgan fingerprint density at radius 3 is 2.90 bits per heavy atom. The Balaban J connectivity index is 1.95. The van der Waals surface area contributed by atoms with Gasteiger partial charge in [-0.3, -0.25) is 4.79 Å². The van der Waals surface area contributed by atoms with Crippen molar-refractivity contribution in [1.82, 2.24) is 4.90 Å². The Kier molecular flexibility index (Phi) is 5.52. The predicted octanol–water partition coefficient (Wildman–Crippen LogP) is 1.26. The number of alkyl halides is 1. The number of amides is 1. The maximum absolute atomic E-state index is 13.3. The van der Waals surface area contributed by atoms with Gasteiger partial charge in [-0.1, -0.05) is 6.07 Å². The number of aliphatic hydroxyl groups excluding tert-OH is 1. The largest absolute Gasteiger partial charge is 0.491 e. The number of aliphatic hydroxyl groups is 1. The molecule has 0 bridgehead atoms. The molecule has 1 amide bonds. The van der Waals surface area contributed by atoms with Crippen molar-refractivity contribution in [1.29, 1.82) is 0 Å². The number of halogens is 1. The summed E-state index contributed by atoms with van der Waals surface area (Å²) in [6.45, 7) is 3.37. The number of likely N-dealkylation sites (tertiary alicyclic amines) is 1. The molecule has 1 saturated heterocycles. The Morgan fingerprint density at radius 1 is 1.43 bits per heavy atom. The summed E-state index contributed by atoms with van der Waals surface area (Å²) in [7, 11) is 0. The number of β-amino-alcohol motifs (C(OH)–C–C–N with tert-alkyl or cyclic N) is 1. The molecule has 0 unspecified atom stereocenters. The summed E-state index contributed by atoms with van der Waals surface area (Å²) in [5.74, 6) is 0.265. The highest BCUT2D eigenvalue weighted by Gasteiger charge is 2.34. The van der Waals surface area contributed by atoms with Crippen molar-refractivity contribution < 1.29 is 23.8 Å². The van der Waals surface area contributed by atoms with E-state index < -0.39 is 12.3 Å². The molecular weight excluding hydrogens is 277 g/mol. The van der Waals surface area contributed by atoms with Crippen LogP contribution in [0, 0.1) is 0 Å². The third-order valence-corrected chi connectivity index (χ3v) is 3.29. The van der Waals surface area contributed by atoms with Crippen molar-refractivity contribution in [2.75, 3.05) is 32.9 Å². The summed E-state index contributed by atoms with van der Waals surface area (Å²) in [6.07, 6.45) is -2.47. The van der Waals surface area contributed by atoms with Gasteiger partial charge in [0, 0.05) is 18.7 Å². The lowest BCUT2D eigenvalue weighted by atomic mass is 10.2. The molecule has 0 aromatic heterocycles. The van der Waals surface area contributed by atoms with Crippen molar-refractivity contribution in [3.8, 4) is 5.75 Å². The second kappa shape index (κ2) is 7.38. The molecule has 1 aromatic carbocycles. The Morgan fingerprint density at radius 2 is 2.24 bits per heavy atom. The van der Waals surface area contributed by atoms with E-state index in [1.54, 1.807) is 24.3 Å². The van der Waals surface area contributed by atoms with Crippen LogP contribution >= 0.6 is 0 Å². The molecule has 1 fully saturated rings. The highest BCUT2D eigenvalue weighted by atomic mass is 19.1. The highest BCUT2D eigenvalue weighted by Crippen LogP contribution is 2.19. The molecule has 2 atom stereocenters. The SMILES string of the molecule is CCOCCOc1cccc(C(=O)N2C[C@@H](O)[C@H](F)C2)c1. The van der Waals surface area contributed by atoms with E-state index in [2.05, 4.69) is 0 Å². The van der Waals surface area contributed by atoms with E-state index in [0.717, 1.165) is 0 Å². The zero-order chi connectivity index (χ0) is 15.2. The molecule has 5 nitrogen and oxygen atoms in total. The summed E-state index contributed by atoms with van der Waals surface area (Å²) in [5.41, 5.74) is 0.421. The van der Waals surface area contributed by atoms with Crippen LogP contribution in [0.15, 0.2) is 24.3 Å². The molecule has 0 radical (unpaired) electrons. The van der Waals surface area contributed by atoms with Gasteiger partial charge in [-0.05, 0) is 25.1 Å². The van der Waals surface area contributed by atoms with Gasteiger partial charge >= 0.3 is 0 Å². The maximum Gasteiger partial charge on any atom is 0.254 e. The minimum absolute atomic E-state index is 0.0232. The minimum atomic E-state index is -1.38. The van der Waals surface area contributed by atoms with Crippen LogP contribution in [0.5, 0.6) is 5.75 Å². The summed E-state index contributed by atoms with van der Waals surface area (Å²) in [4.78, 5) is 13.5. The molecule has 1 aliphatic heterocycles. The van der Waals surface area contributed by atoms with Crippen LogP contribution in [-0.2, 0) is 4.74 Å². The topological polar surface area (TPSA) is 59.0 Å². The van der Waals surface area contributed by atoms with Crippen LogP contribution < -0.4 is 4.74 Å². The van der Waals surface area contributed by atoms with Gasteiger partial charge in [0.05, 0.1) is 13.2 Å². The molecule has 0 saturated carbocycles. The fourth-order valence-electron chi connectivity index (χ4n) is 2.18. The number of carbonyl (C=O) groups excluding carboxylic acids is 1. The van der Waals surface area contributed by atoms with Crippen molar-refractivity contribution in [2.24, 2.45) is 0 Å². The molecule has 1 N–H and O–H groups in total. The van der Waals surface area contributed by atoms with Crippen LogP contribution in [0.25, 0.3) is 0 Å². The van der Waals surface area contributed by atoms with Crippen LogP contribution in [0.1, 0.15) is 17.3 Å². The van der Waals surface area contributed by atoms with Gasteiger partial charge in [0.1, 0.15) is 24.6 Å². The van der Waals surface area contributed by atoms with Gasteiger partial charge in [-0.2, -0.15) is 0 Å². The normalized spacial score (nSPS) is 21.6. The second-order valence-corrected chi connectivity index (χ2v) is 4.87. The maximum atomic E-state index is 13.3. The Hall–Kier alpha value is -1.66.